The van der Waals surface area contributed by atoms with E-state index in [9.17, 15) is 9.59 Å². The Bertz CT molecular complexity index is 887. The van der Waals surface area contributed by atoms with Gasteiger partial charge in [-0.1, -0.05) is 11.3 Å². The first-order valence-corrected chi connectivity index (χ1v) is 8.24. The summed E-state index contributed by atoms with van der Waals surface area (Å²) < 4.78 is 6.08. The summed E-state index contributed by atoms with van der Waals surface area (Å²) in [6, 6.07) is 5.51. The van der Waals surface area contributed by atoms with Crippen LogP contribution in [0.4, 0.5) is 10.3 Å². The number of benzene rings is 1. The van der Waals surface area contributed by atoms with Crippen molar-refractivity contribution in [1.82, 2.24) is 9.97 Å². The van der Waals surface area contributed by atoms with Crippen LogP contribution >= 0.6 is 22.7 Å². The number of hydrogen-bond acceptors (Lipinski definition) is 7. The number of carbonyl (C=O) groups excluding carboxylic acids is 2. The van der Waals surface area contributed by atoms with Gasteiger partial charge in [0.25, 0.3) is 5.91 Å². The van der Waals surface area contributed by atoms with Gasteiger partial charge in [-0.3, -0.25) is 14.9 Å². The predicted molar refractivity (Wildman–Crippen MR) is 90.5 cm³/mol. The fourth-order valence-electron chi connectivity index (χ4n) is 1.83. The van der Waals surface area contributed by atoms with Crippen LogP contribution in [0, 0.1) is 0 Å². The number of anilines is 2. The molecule has 118 valence electrons. The van der Waals surface area contributed by atoms with E-state index in [1.807, 2.05) is 18.2 Å². The lowest BCUT2D eigenvalue weighted by Gasteiger charge is -1.97. The Kier molecular flexibility index (Phi) is 4.22. The van der Waals surface area contributed by atoms with Crippen molar-refractivity contribution in [2.24, 2.45) is 0 Å². The van der Waals surface area contributed by atoms with Gasteiger partial charge in [-0.25, -0.2) is 9.97 Å². The summed E-state index contributed by atoms with van der Waals surface area (Å²) in [6.07, 6.45) is 0. The molecule has 0 aliphatic carbocycles. The first-order valence-electron chi connectivity index (χ1n) is 6.54. The van der Waals surface area contributed by atoms with E-state index in [2.05, 4.69) is 20.6 Å². The molecule has 2 N–H and O–H groups in total. The summed E-state index contributed by atoms with van der Waals surface area (Å²) in [7, 11) is 1.60. The molecule has 0 atom stereocenters. The smallest absolute Gasteiger partial charge is 0.276 e. The van der Waals surface area contributed by atoms with Crippen LogP contribution in [-0.4, -0.2) is 28.9 Å². The third kappa shape index (κ3) is 3.46. The molecule has 1 aromatic carbocycles. The molecule has 0 aliphatic heterocycles. The second-order valence-electron chi connectivity index (χ2n) is 4.53. The Morgan fingerprint density at radius 1 is 1.17 bits per heavy atom. The summed E-state index contributed by atoms with van der Waals surface area (Å²) in [5.74, 6) is 0.133. The largest absolute Gasteiger partial charge is 0.497 e. The maximum atomic E-state index is 12.2. The Labute approximate surface area is 139 Å². The van der Waals surface area contributed by atoms with Crippen molar-refractivity contribution in [3.63, 3.8) is 0 Å². The summed E-state index contributed by atoms with van der Waals surface area (Å²) in [4.78, 5) is 31.6. The van der Waals surface area contributed by atoms with Crippen LogP contribution in [0.15, 0.2) is 23.6 Å². The molecule has 0 aliphatic rings. The van der Waals surface area contributed by atoms with Crippen LogP contribution in [0.25, 0.3) is 10.2 Å². The van der Waals surface area contributed by atoms with Gasteiger partial charge < -0.3 is 10.1 Å². The summed E-state index contributed by atoms with van der Waals surface area (Å²) >= 11 is 2.54. The average Bonchev–Trinajstić information content (AvgIpc) is 3.11. The zero-order valence-corrected chi connectivity index (χ0v) is 13.9. The maximum absolute atomic E-state index is 12.2. The molecule has 0 bridgehead atoms. The Hall–Kier alpha value is -2.52. The molecular weight excluding hydrogens is 336 g/mol. The minimum atomic E-state index is -0.371. The van der Waals surface area contributed by atoms with Crippen LogP contribution in [0.3, 0.4) is 0 Å². The van der Waals surface area contributed by atoms with Crippen molar-refractivity contribution in [3.05, 3.63) is 29.3 Å². The Balaban J connectivity index is 1.77. The van der Waals surface area contributed by atoms with Crippen molar-refractivity contribution < 1.29 is 14.3 Å². The van der Waals surface area contributed by atoms with E-state index >= 15 is 0 Å². The fraction of sp³-hybridized carbons (Fsp3) is 0.143. The summed E-state index contributed by atoms with van der Waals surface area (Å²) in [5.41, 5.74) is 1.01. The lowest BCUT2D eigenvalue weighted by atomic mass is 10.3. The van der Waals surface area contributed by atoms with Crippen LogP contribution in [0.2, 0.25) is 0 Å². The van der Waals surface area contributed by atoms with Crippen LogP contribution in [0.1, 0.15) is 17.4 Å². The summed E-state index contributed by atoms with van der Waals surface area (Å²) in [5, 5.41) is 7.70. The minimum Gasteiger partial charge on any atom is -0.497 e. The van der Waals surface area contributed by atoms with Gasteiger partial charge in [0, 0.05) is 12.3 Å². The minimum absolute atomic E-state index is 0.230. The number of carbonyl (C=O) groups is 2. The first kappa shape index (κ1) is 15.4. The molecule has 3 aromatic rings. The number of thiazole rings is 2. The fourth-order valence-corrected chi connectivity index (χ4v) is 3.46. The van der Waals surface area contributed by atoms with E-state index in [0.717, 1.165) is 16.0 Å². The predicted octanol–water partition coefficient (Wildman–Crippen LogP) is 2.97. The topological polar surface area (TPSA) is 93.2 Å². The molecule has 0 fully saturated rings. The number of fused-ring (bicyclic) bond motifs is 1. The zero-order valence-electron chi connectivity index (χ0n) is 12.2. The highest BCUT2D eigenvalue weighted by molar-refractivity contribution is 7.22. The van der Waals surface area contributed by atoms with Gasteiger partial charge in [0.1, 0.15) is 11.4 Å². The third-order valence-corrected chi connectivity index (χ3v) is 4.53. The molecule has 2 heterocycles. The number of aromatic nitrogens is 2. The molecule has 0 spiro atoms. The molecule has 2 aromatic heterocycles. The number of nitrogens with zero attached hydrogens (tertiary/aromatic N) is 2. The van der Waals surface area contributed by atoms with Crippen molar-refractivity contribution in [1.29, 1.82) is 0 Å². The monoisotopic (exact) mass is 348 g/mol. The quantitative estimate of drug-likeness (QED) is 0.756. The van der Waals surface area contributed by atoms with Crippen LogP contribution in [-0.2, 0) is 4.79 Å². The zero-order chi connectivity index (χ0) is 16.4. The summed E-state index contributed by atoms with van der Waals surface area (Å²) in [6.45, 7) is 1.39. The van der Waals surface area contributed by atoms with Gasteiger partial charge >= 0.3 is 0 Å². The normalized spacial score (nSPS) is 10.5. The van der Waals surface area contributed by atoms with Crippen molar-refractivity contribution in [2.45, 2.75) is 6.92 Å². The lowest BCUT2D eigenvalue weighted by Crippen LogP contribution is -2.12. The number of methoxy groups -OCH3 is 1. The number of rotatable bonds is 4. The van der Waals surface area contributed by atoms with Crippen LogP contribution < -0.4 is 15.4 Å². The highest BCUT2D eigenvalue weighted by Gasteiger charge is 2.14. The Morgan fingerprint density at radius 2 is 2.00 bits per heavy atom. The number of ether oxygens (including phenoxy) is 1. The highest BCUT2D eigenvalue weighted by Crippen LogP contribution is 2.29. The number of nitrogens with one attached hydrogen (secondary N) is 2. The molecular formula is C14H12N4O3S2. The molecule has 3 rings (SSSR count). The molecule has 0 radical (unpaired) electrons. The maximum Gasteiger partial charge on any atom is 0.276 e. The van der Waals surface area contributed by atoms with Gasteiger partial charge in [-0.05, 0) is 18.2 Å². The number of hydrogen-bond donors (Lipinski definition) is 2. The molecule has 23 heavy (non-hydrogen) atoms. The molecule has 2 amide bonds. The van der Waals surface area contributed by atoms with E-state index in [0.29, 0.717) is 10.3 Å². The van der Waals surface area contributed by atoms with E-state index in [1.165, 1.54) is 29.6 Å². The van der Waals surface area contributed by atoms with E-state index in [-0.39, 0.29) is 17.5 Å². The van der Waals surface area contributed by atoms with Gasteiger partial charge in [0.15, 0.2) is 10.3 Å². The molecule has 0 saturated carbocycles. The van der Waals surface area contributed by atoms with Gasteiger partial charge in [0.05, 0.1) is 17.3 Å². The molecule has 7 nitrogen and oxygen atoms in total. The molecule has 9 heteroatoms. The van der Waals surface area contributed by atoms with Gasteiger partial charge in [-0.2, -0.15) is 0 Å². The van der Waals surface area contributed by atoms with Gasteiger partial charge in [-0.15, -0.1) is 11.3 Å². The lowest BCUT2D eigenvalue weighted by molar-refractivity contribution is -0.114. The van der Waals surface area contributed by atoms with E-state index in [4.69, 9.17) is 4.74 Å². The van der Waals surface area contributed by atoms with E-state index in [1.54, 1.807) is 12.5 Å². The second kappa shape index (κ2) is 6.31. The van der Waals surface area contributed by atoms with E-state index < -0.39 is 0 Å². The average molecular weight is 348 g/mol. The Morgan fingerprint density at radius 3 is 2.74 bits per heavy atom. The van der Waals surface area contributed by atoms with Gasteiger partial charge in [0.2, 0.25) is 5.91 Å². The molecule has 0 saturated heterocycles. The third-order valence-electron chi connectivity index (χ3n) is 2.84. The highest BCUT2D eigenvalue weighted by atomic mass is 32.1. The van der Waals surface area contributed by atoms with Crippen molar-refractivity contribution in [2.75, 3.05) is 17.7 Å². The van der Waals surface area contributed by atoms with Crippen molar-refractivity contribution in [3.8, 4) is 5.75 Å². The standard InChI is InChI=1S/C14H12N4O3S2/c1-7(19)15-13-17-10(6-22-13)12(20)18-14-16-9-4-3-8(21-2)5-11(9)23-14/h3-6H,1-2H3,(H,15,17,19)(H,16,18,20). The van der Waals surface area contributed by atoms with Crippen molar-refractivity contribution >= 4 is 55.0 Å². The second-order valence-corrected chi connectivity index (χ2v) is 6.41. The first-order chi connectivity index (χ1) is 11.0. The SMILES string of the molecule is COc1ccc2nc(NC(=O)c3csc(NC(C)=O)n3)sc2c1. The van der Waals surface area contributed by atoms with Crippen LogP contribution in [0.5, 0.6) is 5.75 Å². The molecule has 0 unspecified atom stereocenters. The number of amides is 2.